The van der Waals surface area contributed by atoms with Crippen molar-refractivity contribution in [1.82, 2.24) is 14.8 Å². The molecule has 1 rings (SSSR count). The smallest absolute Gasteiger partial charge is 0.138 e. The summed E-state index contributed by atoms with van der Waals surface area (Å²) >= 11 is 0. The van der Waals surface area contributed by atoms with Crippen molar-refractivity contribution in [1.29, 1.82) is 0 Å². The maximum atomic E-state index is 14.1. The van der Waals surface area contributed by atoms with Gasteiger partial charge in [-0.05, 0) is 12.3 Å². The van der Waals surface area contributed by atoms with Crippen LogP contribution in [0.4, 0.5) is 4.39 Å². The summed E-state index contributed by atoms with van der Waals surface area (Å²) in [4.78, 5) is 4.11. The van der Waals surface area contributed by atoms with E-state index in [-0.39, 0.29) is 13.0 Å². The van der Waals surface area contributed by atoms with Gasteiger partial charge in [0.1, 0.15) is 17.8 Å². The number of halogens is 1. The Morgan fingerprint density at radius 2 is 2.25 bits per heavy atom. The lowest BCUT2D eigenvalue weighted by molar-refractivity contribution is 0.161. The molecular formula is C11H21FN4. The summed E-state index contributed by atoms with van der Waals surface area (Å²) in [6.07, 6.45) is 2.12. The van der Waals surface area contributed by atoms with Crippen LogP contribution in [0.1, 0.15) is 33.0 Å². The first-order valence-electron chi connectivity index (χ1n) is 5.76. The van der Waals surface area contributed by atoms with E-state index in [4.69, 9.17) is 5.73 Å². The van der Waals surface area contributed by atoms with Crippen molar-refractivity contribution in [2.45, 2.75) is 45.8 Å². The van der Waals surface area contributed by atoms with Crippen LogP contribution in [0.5, 0.6) is 0 Å². The van der Waals surface area contributed by atoms with Crippen molar-refractivity contribution in [3.8, 4) is 0 Å². The normalized spacial score (nSPS) is 15.4. The molecular weight excluding hydrogens is 207 g/mol. The van der Waals surface area contributed by atoms with Crippen LogP contribution in [0.15, 0.2) is 6.33 Å². The van der Waals surface area contributed by atoms with Crippen LogP contribution in [0.2, 0.25) is 0 Å². The van der Waals surface area contributed by atoms with Gasteiger partial charge in [-0.1, -0.05) is 20.8 Å². The summed E-state index contributed by atoms with van der Waals surface area (Å²) in [7, 11) is 0. The van der Waals surface area contributed by atoms with Crippen molar-refractivity contribution in [3.63, 3.8) is 0 Å². The van der Waals surface area contributed by atoms with Gasteiger partial charge in [-0.3, -0.25) is 0 Å². The molecule has 1 heterocycles. The van der Waals surface area contributed by atoms with E-state index in [1.165, 1.54) is 6.33 Å². The molecule has 16 heavy (non-hydrogen) atoms. The molecule has 0 radical (unpaired) electrons. The van der Waals surface area contributed by atoms with Gasteiger partial charge in [0.25, 0.3) is 0 Å². The van der Waals surface area contributed by atoms with Crippen molar-refractivity contribution in [2.75, 3.05) is 6.54 Å². The minimum absolute atomic E-state index is 0.0258. The molecule has 1 aromatic heterocycles. The number of hydrogen-bond acceptors (Lipinski definition) is 3. The highest BCUT2D eigenvalue weighted by atomic mass is 19.1. The Morgan fingerprint density at radius 3 is 2.75 bits per heavy atom. The topological polar surface area (TPSA) is 56.7 Å². The second kappa shape index (κ2) is 5.39. The Labute approximate surface area is 96.0 Å². The van der Waals surface area contributed by atoms with E-state index in [9.17, 15) is 4.39 Å². The summed E-state index contributed by atoms with van der Waals surface area (Å²) in [5.41, 5.74) is 4.09. The van der Waals surface area contributed by atoms with E-state index in [1.54, 1.807) is 11.6 Å². The number of nitrogens with zero attached hydrogens (tertiary/aromatic N) is 3. The average molecular weight is 228 g/mol. The van der Waals surface area contributed by atoms with E-state index in [0.717, 1.165) is 6.54 Å². The lowest BCUT2D eigenvalue weighted by atomic mass is 9.98. The third-order valence-electron chi connectivity index (χ3n) is 2.71. The molecule has 0 aromatic carbocycles. The highest BCUT2D eigenvalue weighted by Crippen LogP contribution is 2.19. The fourth-order valence-electron chi connectivity index (χ4n) is 1.55. The zero-order valence-corrected chi connectivity index (χ0v) is 10.3. The van der Waals surface area contributed by atoms with Gasteiger partial charge in [0.05, 0.1) is 0 Å². The quantitative estimate of drug-likeness (QED) is 0.803. The largest absolute Gasteiger partial charge is 0.328 e. The van der Waals surface area contributed by atoms with Gasteiger partial charge in [0, 0.05) is 19.5 Å². The molecule has 2 N–H and O–H groups in total. The number of nitrogens with two attached hydrogens (primary N) is 1. The summed E-state index contributed by atoms with van der Waals surface area (Å²) in [5, 5.41) is 4.11. The van der Waals surface area contributed by atoms with Crippen LogP contribution < -0.4 is 5.73 Å². The van der Waals surface area contributed by atoms with Crippen LogP contribution >= 0.6 is 0 Å². The van der Waals surface area contributed by atoms with E-state index in [2.05, 4.69) is 23.9 Å². The van der Waals surface area contributed by atoms with Crippen LogP contribution in [-0.2, 0) is 13.0 Å². The van der Waals surface area contributed by atoms with E-state index < -0.39 is 5.67 Å². The van der Waals surface area contributed by atoms with Gasteiger partial charge in [0.2, 0.25) is 0 Å². The van der Waals surface area contributed by atoms with E-state index in [1.807, 2.05) is 0 Å². The molecule has 0 saturated heterocycles. The number of hydrogen-bond donors (Lipinski definition) is 1. The van der Waals surface area contributed by atoms with Crippen molar-refractivity contribution < 1.29 is 4.39 Å². The fraction of sp³-hybridized carbons (Fsp3) is 0.818. The predicted octanol–water partition coefficient (Wildman–Crippen LogP) is 1.55. The molecule has 5 heteroatoms. The monoisotopic (exact) mass is 228 g/mol. The van der Waals surface area contributed by atoms with Crippen LogP contribution in [-0.4, -0.2) is 27.0 Å². The van der Waals surface area contributed by atoms with Crippen LogP contribution in [0.3, 0.4) is 0 Å². The third-order valence-corrected chi connectivity index (χ3v) is 2.71. The first kappa shape index (κ1) is 13.1. The maximum Gasteiger partial charge on any atom is 0.138 e. The molecule has 0 aliphatic carbocycles. The van der Waals surface area contributed by atoms with Crippen molar-refractivity contribution in [3.05, 3.63) is 12.2 Å². The Balaban J connectivity index is 2.76. The first-order valence-corrected chi connectivity index (χ1v) is 5.76. The molecule has 0 fully saturated rings. The summed E-state index contributed by atoms with van der Waals surface area (Å²) in [5.74, 6) is 1.15. The van der Waals surface area contributed by atoms with Crippen molar-refractivity contribution in [2.24, 2.45) is 11.7 Å². The lowest BCUT2D eigenvalue weighted by Gasteiger charge is -2.21. The summed E-state index contributed by atoms with van der Waals surface area (Å²) in [6, 6.07) is 0. The van der Waals surface area contributed by atoms with Crippen LogP contribution in [0.25, 0.3) is 0 Å². The highest BCUT2D eigenvalue weighted by Gasteiger charge is 2.28. The first-order chi connectivity index (χ1) is 7.50. The molecule has 1 atom stereocenters. The Hall–Kier alpha value is -0.970. The van der Waals surface area contributed by atoms with E-state index in [0.29, 0.717) is 18.2 Å². The second-order valence-electron chi connectivity index (χ2n) is 4.64. The molecule has 1 aromatic rings. The number of alkyl halides is 1. The van der Waals surface area contributed by atoms with Gasteiger partial charge in [0.15, 0.2) is 0 Å². The minimum Gasteiger partial charge on any atom is -0.328 e. The Kier molecular flexibility index (Phi) is 4.41. The van der Waals surface area contributed by atoms with Crippen LogP contribution in [0, 0.1) is 5.92 Å². The average Bonchev–Trinajstić information content (AvgIpc) is 2.64. The van der Waals surface area contributed by atoms with Crippen molar-refractivity contribution >= 4 is 0 Å². The van der Waals surface area contributed by atoms with E-state index >= 15 is 0 Å². The number of aromatic nitrogens is 3. The minimum atomic E-state index is -1.36. The zero-order chi connectivity index (χ0) is 12.2. The SMILES string of the molecule is CCC(F)(CN)Cc1ncnn1CC(C)C. The predicted molar refractivity (Wildman–Crippen MR) is 61.7 cm³/mol. The summed E-state index contributed by atoms with van der Waals surface area (Å²) in [6.45, 7) is 6.78. The molecule has 0 aliphatic heterocycles. The van der Waals surface area contributed by atoms with Gasteiger partial charge in [-0.2, -0.15) is 5.10 Å². The van der Waals surface area contributed by atoms with Gasteiger partial charge < -0.3 is 5.73 Å². The molecule has 1 unspecified atom stereocenters. The Bertz CT molecular complexity index is 318. The third kappa shape index (κ3) is 3.27. The second-order valence-corrected chi connectivity index (χ2v) is 4.64. The molecule has 0 spiro atoms. The molecule has 4 nitrogen and oxygen atoms in total. The molecule has 0 aliphatic rings. The Morgan fingerprint density at radius 1 is 1.56 bits per heavy atom. The summed E-state index contributed by atoms with van der Waals surface area (Å²) < 4.78 is 15.9. The van der Waals surface area contributed by atoms with Gasteiger partial charge >= 0.3 is 0 Å². The highest BCUT2D eigenvalue weighted by molar-refractivity contribution is 4.95. The standard InChI is InChI=1S/C11H21FN4/c1-4-11(12,7-13)5-10-14-8-15-16(10)6-9(2)3/h8-9H,4-7,13H2,1-3H3. The number of rotatable bonds is 6. The van der Waals surface area contributed by atoms with Gasteiger partial charge in [-0.25, -0.2) is 14.1 Å². The van der Waals surface area contributed by atoms with Gasteiger partial charge in [-0.15, -0.1) is 0 Å². The molecule has 0 amide bonds. The fourth-order valence-corrected chi connectivity index (χ4v) is 1.55. The maximum absolute atomic E-state index is 14.1. The lowest BCUT2D eigenvalue weighted by Crippen LogP contribution is -2.35. The molecule has 92 valence electrons. The zero-order valence-electron chi connectivity index (χ0n) is 10.3. The molecule has 0 bridgehead atoms. The molecule has 0 saturated carbocycles.